The zero-order chi connectivity index (χ0) is 23.8. The van der Waals surface area contributed by atoms with Crippen LogP contribution in [-0.2, 0) is 9.84 Å². The second kappa shape index (κ2) is 9.02. The summed E-state index contributed by atoms with van der Waals surface area (Å²) in [6.07, 6.45) is 0. The van der Waals surface area contributed by atoms with Crippen LogP contribution in [0.3, 0.4) is 0 Å². The molecule has 0 aliphatic rings. The molecule has 0 fully saturated rings. The maximum absolute atomic E-state index is 13.6. The number of nitrogen functional groups attached to an aromatic ring is 1. The number of aryl methyl sites for hydroxylation is 2. The van der Waals surface area contributed by atoms with Crippen molar-refractivity contribution in [2.45, 2.75) is 23.6 Å². The lowest BCUT2D eigenvalue weighted by molar-refractivity contribution is 0.104. The Kier molecular flexibility index (Phi) is 6.30. The summed E-state index contributed by atoms with van der Waals surface area (Å²) in [6.45, 7) is 3.80. The smallest absolute Gasteiger partial charge is 0.211 e. The van der Waals surface area contributed by atoms with Gasteiger partial charge >= 0.3 is 0 Å². The van der Waals surface area contributed by atoms with Crippen LogP contribution >= 0.6 is 22.9 Å². The second-order valence-corrected chi connectivity index (χ2v) is 10.9. The molecular formula is C25H21ClN2O3S2. The number of rotatable bonds is 6. The summed E-state index contributed by atoms with van der Waals surface area (Å²) >= 11 is 7.26. The van der Waals surface area contributed by atoms with Gasteiger partial charge in [-0.3, -0.25) is 4.79 Å². The first kappa shape index (κ1) is 23.0. The van der Waals surface area contributed by atoms with Gasteiger partial charge in [0.05, 0.1) is 10.6 Å². The minimum Gasteiger partial charge on any atom is -0.396 e. The van der Waals surface area contributed by atoms with Crippen LogP contribution < -0.4 is 11.1 Å². The first-order valence-electron chi connectivity index (χ1n) is 10.1. The van der Waals surface area contributed by atoms with E-state index in [-0.39, 0.29) is 31.1 Å². The van der Waals surface area contributed by atoms with E-state index in [4.69, 9.17) is 17.3 Å². The van der Waals surface area contributed by atoms with Gasteiger partial charge in [0.2, 0.25) is 15.6 Å². The van der Waals surface area contributed by atoms with Crippen molar-refractivity contribution in [2.24, 2.45) is 0 Å². The van der Waals surface area contributed by atoms with Crippen LogP contribution in [0.1, 0.15) is 26.4 Å². The Morgan fingerprint density at radius 3 is 2.27 bits per heavy atom. The summed E-state index contributed by atoms with van der Waals surface area (Å²) in [7, 11) is -4.00. The van der Waals surface area contributed by atoms with Crippen molar-refractivity contribution in [3.8, 4) is 0 Å². The van der Waals surface area contributed by atoms with Gasteiger partial charge in [0, 0.05) is 16.3 Å². The van der Waals surface area contributed by atoms with Gasteiger partial charge in [0.15, 0.2) is 0 Å². The van der Waals surface area contributed by atoms with Crippen LogP contribution in [0.15, 0.2) is 82.6 Å². The third kappa shape index (κ3) is 4.53. The molecule has 0 saturated heterocycles. The molecule has 0 aliphatic heterocycles. The van der Waals surface area contributed by atoms with E-state index in [1.807, 2.05) is 32.0 Å². The number of hydrogen-bond donors (Lipinski definition) is 2. The summed E-state index contributed by atoms with van der Waals surface area (Å²) in [5.41, 5.74) is 9.19. The highest BCUT2D eigenvalue weighted by atomic mass is 35.5. The number of carbonyl (C=O) groups is 1. The molecule has 168 valence electrons. The van der Waals surface area contributed by atoms with Gasteiger partial charge in [-0.05, 0) is 43.7 Å². The molecular weight excluding hydrogens is 476 g/mol. The van der Waals surface area contributed by atoms with E-state index in [0.29, 0.717) is 16.3 Å². The van der Waals surface area contributed by atoms with Crippen molar-refractivity contribution >= 4 is 54.9 Å². The molecule has 0 atom stereocenters. The number of ketones is 1. The van der Waals surface area contributed by atoms with Crippen LogP contribution in [0.5, 0.6) is 0 Å². The van der Waals surface area contributed by atoms with E-state index in [9.17, 15) is 13.2 Å². The molecule has 4 rings (SSSR count). The van der Waals surface area contributed by atoms with Crippen molar-refractivity contribution in [1.29, 1.82) is 0 Å². The van der Waals surface area contributed by atoms with Crippen molar-refractivity contribution in [2.75, 3.05) is 11.1 Å². The van der Waals surface area contributed by atoms with Crippen LogP contribution in [0.4, 0.5) is 16.4 Å². The minimum atomic E-state index is -4.00. The molecule has 1 aromatic heterocycles. The quantitative estimate of drug-likeness (QED) is 0.301. The molecule has 0 amide bonds. The van der Waals surface area contributed by atoms with E-state index >= 15 is 0 Å². The third-order valence-electron chi connectivity index (χ3n) is 5.17. The molecule has 0 bridgehead atoms. The standard InChI is InChI=1S/C25H21ClN2O3S2/c1-15-8-11-17(12-9-15)22(29)23-21(27)24(33(30,31)19-6-4-3-5-7-19)25(32-23)28-18-13-10-16(2)20(26)14-18/h3-14,28H,27H2,1-2H3. The Balaban J connectivity index is 1.88. The fraction of sp³-hybridized carbons (Fsp3) is 0.0800. The largest absolute Gasteiger partial charge is 0.396 e. The summed E-state index contributed by atoms with van der Waals surface area (Å²) < 4.78 is 27.1. The van der Waals surface area contributed by atoms with E-state index in [2.05, 4.69) is 5.32 Å². The van der Waals surface area contributed by atoms with Gasteiger partial charge in [-0.15, -0.1) is 11.3 Å². The maximum atomic E-state index is 13.6. The first-order valence-corrected chi connectivity index (χ1v) is 12.7. The molecule has 5 nitrogen and oxygen atoms in total. The van der Waals surface area contributed by atoms with Gasteiger partial charge in [-0.1, -0.05) is 65.7 Å². The molecule has 0 saturated carbocycles. The van der Waals surface area contributed by atoms with E-state index in [0.717, 1.165) is 22.5 Å². The molecule has 8 heteroatoms. The molecule has 0 unspecified atom stereocenters. The van der Waals surface area contributed by atoms with Crippen molar-refractivity contribution < 1.29 is 13.2 Å². The van der Waals surface area contributed by atoms with Gasteiger partial charge in [-0.2, -0.15) is 0 Å². The highest BCUT2D eigenvalue weighted by Crippen LogP contribution is 2.44. The molecule has 4 aromatic rings. The number of halogens is 1. The Bertz CT molecular complexity index is 1450. The van der Waals surface area contributed by atoms with E-state index in [1.54, 1.807) is 42.5 Å². The number of sulfone groups is 1. The lowest BCUT2D eigenvalue weighted by atomic mass is 10.1. The minimum absolute atomic E-state index is 0.0739. The van der Waals surface area contributed by atoms with Crippen LogP contribution in [0.25, 0.3) is 0 Å². The average molecular weight is 497 g/mol. The molecule has 0 spiro atoms. The SMILES string of the molecule is Cc1ccc(C(=O)c2sc(Nc3ccc(C)c(Cl)c3)c(S(=O)(=O)c3ccccc3)c2N)cc1. The average Bonchev–Trinajstić information content (AvgIpc) is 3.13. The lowest BCUT2D eigenvalue weighted by Gasteiger charge is -2.10. The highest BCUT2D eigenvalue weighted by Gasteiger charge is 2.31. The highest BCUT2D eigenvalue weighted by molar-refractivity contribution is 7.92. The Labute approximate surface area is 201 Å². The normalized spacial score (nSPS) is 11.4. The second-order valence-electron chi connectivity index (χ2n) is 7.60. The zero-order valence-corrected chi connectivity index (χ0v) is 20.3. The fourth-order valence-electron chi connectivity index (χ4n) is 3.30. The Hall–Kier alpha value is -3.13. The van der Waals surface area contributed by atoms with Gasteiger partial charge in [-0.25, -0.2) is 8.42 Å². The van der Waals surface area contributed by atoms with Crippen molar-refractivity contribution in [3.63, 3.8) is 0 Å². The third-order valence-corrected chi connectivity index (χ3v) is 8.68. The van der Waals surface area contributed by atoms with Crippen molar-refractivity contribution in [3.05, 3.63) is 99.4 Å². The molecule has 3 aromatic carbocycles. The topological polar surface area (TPSA) is 89.3 Å². The molecule has 3 N–H and O–H groups in total. The summed E-state index contributed by atoms with van der Waals surface area (Å²) in [4.78, 5) is 13.4. The summed E-state index contributed by atoms with van der Waals surface area (Å²) in [6, 6.07) is 20.4. The van der Waals surface area contributed by atoms with Gasteiger partial charge in [0.1, 0.15) is 14.8 Å². The molecule has 0 aliphatic carbocycles. The molecule has 33 heavy (non-hydrogen) atoms. The first-order chi connectivity index (χ1) is 15.7. The molecule has 1 heterocycles. The summed E-state index contributed by atoms with van der Waals surface area (Å²) in [5, 5.41) is 3.91. The zero-order valence-electron chi connectivity index (χ0n) is 17.9. The number of anilines is 3. The summed E-state index contributed by atoms with van der Waals surface area (Å²) in [5.74, 6) is -0.336. The van der Waals surface area contributed by atoms with Gasteiger partial charge < -0.3 is 11.1 Å². The Morgan fingerprint density at radius 2 is 1.64 bits per heavy atom. The predicted octanol–water partition coefficient (Wildman–Crippen LogP) is 6.41. The van der Waals surface area contributed by atoms with E-state index < -0.39 is 9.84 Å². The number of carbonyl (C=O) groups excluding carboxylic acids is 1. The van der Waals surface area contributed by atoms with Gasteiger partial charge in [0.25, 0.3) is 0 Å². The Morgan fingerprint density at radius 1 is 0.970 bits per heavy atom. The van der Waals surface area contributed by atoms with Crippen molar-refractivity contribution in [1.82, 2.24) is 0 Å². The van der Waals surface area contributed by atoms with Crippen LogP contribution in [0.2, 0.25) is 5.02 Å². The number of benzene rings is 3. The number of nitrogens with two attached hydrogens (primary N) is 1. The monoisotopic (exact) mass is 496 g/mol. The lowest BCUT2D eigenvalue weighted by Crippen LogP contribution is -2.08. The fourth-order valence-corrected chi connectivity index (χ4v) is 6.44. The molecule has 0 radical (unpaired) electrons. The number of nitrogens with one attached hydrogen (secondary N) is 1. The van der Waals surface area contributed by atoms with Crippen LogP contribution in [0, 0.1) is 13.8 Å². The van der Waals surface area contributed by atoms with E-state index in [1.165, 1.54) is 12.1 Å². The number of hydrogen-bond acceptors (Lipinski definition) is 6. The maximum Gasteiger partial charge on any atom is 0.211 e. The van der Waals surface area contributed by atoms with Crippen LogP contribution in [-0.4, -0.2) is 14.2 Å². The predicted molar refractivity (Wildman–Crippen MR) is 135 cm³/mol. The number of thiophene rings is 1.